The van der Waals surface area contributed by atoms with Crippen molar-refractivity contribution in [2.24, 2.45) is 0 Å². The van der Waals surface area contributed by atoms with E-state index in [0.29, 0.717) is 12.8 Å². The van der Waals surface area contributed by atoms with Gasteiger partial charge < -0.3 is 20.2 Å². The van der Waals surface area contributed by atoms with Crippen LogP contribution in [0.4, 0.5) is 4.79 Å². The van der Waals surface area contributed by atoms with Crippen LogP contribution in [0, 0.1) is 0 Å². The molecule has 0 heterocycles. The number of unbranched alkanes of at least 4 members (excludes halogenated alkanes) is 1. The van der Waals surface area contributed by atoms with Gasteiger partial charge in [0.05, 0.1) is 6.04 Å². The van der Waals surface area contributed by atoms with Crippen molar-refractivity contribution >= 4 is 18.3 Å². The molecule has 6 nitrogen and oxygen atoms in total. The molecule has 0 fully saturated rings. The molecule has 0 spiro atoms. The molecule has 6 heteroatoms. The highest BCUT2D eigenvalue weighted by Gasteiger charge is 2.24. The van der Waals surface area contributed by atoms with Crippen LogP contribution >= 0.6 is 0 Å². The minimum Gasteiger partial charge on any atom is -0.445 e. The zero-order chi connectivity index (χ0) is 20.9. The summed E-state index contributed by atoms with van der Waals surface area (Å²) in [6.07, 6.45) is 2.69. The van der Waals surface area contributed by atoms with E-state index in [9.17, 15) is 14.4 Å². The number of rotatable bonds is 11. The highest BCUT2D eigenvalue weighted by atomic mass is 16.5. The standard InChI is InChI=1S/C23H28N2O4/c1-2-3-14-20(16-26)24-22(27)21(15-18-10-6-4-7-11-18)25-23(28)29-17-19-12-8-5-9-13-19/h4-13,16,20-21H,2-3,14-15,17H2,1H3,(H,24,27)(H,25,28)/t20?,21-/m0/s1. The summed E-state index contributed by atoms with van der Waals surface area (Å²) in [6.45, 7) is 2.13. The molecule has 0 bridgehead atoms. The molecule has 2 aromatic carbocycles. The van der Waals surface area contributed by atoms with Crippen LogP contribution in [0.1, 0.15) is 37.3 Å². The van der Waals surface area contributed by atoms with Gasteiger partial charge in [0, 0.05) is 6.42 Å². The summed E-state index contributed by atoms with van der Waals surface area (Å²) in [5.41, 5.74) is 1.75. The summed E-state index contributed by atoms with van der Waals surface area (Å²) in [6, 6.07) is 17.3. The van der Waals surface area contributed by atoms with E-state index in [1.54, 1.807) is 0 Å². The van der Waals surface area contributed by atoms with Crippen molar-refractivity contribution in [2.45, 2.75) is 51.3 Å². The van der Waals surface area contributed by atoms with Crippen LogP contribution in [0.3, 0.4) is 0 Å². The van der Waals surface area contributed by atoms with E-state index in [-0.39, 0.29) is 6.61 Å². The first-order valence-corrected chi connectivity index (χ1v) is 9.89. The van der Waals surface area contributed by atoms with Gasteiger partial charge in [0.1, 0.15) is 18.9 Å². The van der Waals surface area contributed by atoms with Crippen molar-refractivity contribution in [3.63, 3.8) is 0 Å². The van der Waals surface area contributed by atoms with Crippen LogP contribution in [0.25, 0.3) is 0 Å². The molecule has 0 saturated heterocycles. The number of hydrogen-bond donors (Lipinski definition) is 2. The number of amides is 2. The molecule has 0 radical (unpaired) electrons. The minimum absolute atomic E-state index is 0.111. The monoisotopic (exact) mass is 396 g/mol. The molecule has 2 aromatic rings. The Bertz CT molecular complexity index is 765. The number of carbonyl (C=O) groups excluding carboxylic acids is 3. The van der Waals surface area contributed by atoms with Gasteiger partial charge in [-0.25, -0.2) is 4.79 Å². The van der Waals surface area contributed by atoms with Gasteiger partial charge in [0.2, 0.25) is 5.91 Å². The first-order chi connectivity index (χ1) is 14.1. The van der Waals surface area contributed by atoms with E-state index < -0.39 is 24.1 Å². The molecule has 0 aromatic heterocycles. The molecule has 2 N–H and O–H groups in total. The Labute approximate surface area is 171 Å². The Morgan fingerprint density at radius 2 is 1.59 bits per heavy atom. The van der Waals surface area contributed by atoms with Crippen molar-refractivity contribution in [3.8, 4) is 0 Å². The average molecular weight is 396 g/mol. The smallest absolute Gasteiger partial charge is 0.408 e. The van der Waals surface area contributed by atoms with E-state index in [2.05, 4.69) is 10.6 Å². The third-order valence-corrected chi connectivity index (χ3v) is 4.46. The number of aldehydes is 1. The zero-order valence-corrected chi connectivity index (χ0v) is 16.7. The lowest BCUT2D eigenvalue weighted by Crippen LogP contribution is -2.51. The Morgan fingerprint density at radius 3 is 2.17 bits per heavy atom. The van der Waals surface area contributed by atoms with Crippen LogP contribution in [0.15, 0.2) is 60.7 Å². The van der Waals surface area contributed by atoms with Gasteiger partial charge in [0.25, 0.3) is 0 Å². The van der Waals surface area contributed by atoms with Crippen molar-refractivity contribution in [3.05, 3.63) is 71.8 Å². The van der Waals surface area contributed by atoms with Gasteiger partial charge in [0.15, 0.2) is 0 Å². The quantitative estimate of drug-likeness (QED) is 0.570. The van der Waals surface area contributed by atoms with Crippen LogP contribution in [0.5, 0.6) is 0 Å². The molecule has 2 atom stereocenters. The SMILES string of the molecule is CCCCC(C=O)NC(=O)[C@H](Cc1ccccc1)NC(=O)OCc1ccccc1. The molecule has 2 rings (SSSR count). The second-order valence-electron chi connectivity index (χ2n) is 6.84. The largest absolute Gasteiger partial charge is 0.445 e. The van der Waals surface area contributed by atoms with Gasteiger partial charge in [-0.05, 0) is 17.5 Å². The van der Waals surface area contributed by atoms with E-state index in [0.717, 1.165) is 30.3 Å². The number of carbonyl (C=O) groups is 3. The molecule has 154 valence electrons. The third kappa shape index (κ3) is 8.17. The number of nitrogens with one attached hydrogen (secondary N) is 2. The topological polar surface area (TPSA) is 84.5 Å². The summed E-state index contributed by atoms with van der Waals surface area (Å²) in [5.74, 6) is -0.404. The van der Waals surface area contributed by atoms with Gasteiger partial charge in [-0.1, -0.05) is 80.4 Å². The lowest BCUT2D eigenvalue weighted by molar-refractivity contribution is -0.125. The van der Waals surface area contributed by atoms with Gasteiger partial charge in [-0.15, -0.1) is 0 Å². The second kappa shape index (κ2) is 12.3. The third-order valence-electron chi connectivity index (χ3n) is 4.46. The van der Waals surface area contributed by atoms with Crippen molar-refractivity contribution < 1.29 is 19.1 Å². The highest BCUT2D eigenvalue weighted by molar-refractivity contribution is 5.87. The first kappa shape index (κ1) is 22.1. The van der Waals surface area contributed by atoms with E-state index in [1.165, 1.54) is 0 Å². The maximum Gasteiger partial charge on any atom is 0.408 e. The van der Waals surface area contributed by atoms with E-state index >= 15 is 0 Å². The number of benzene rings is 2. The molecule has 0 aliphatic heterocycles. The minimum atomic E-state index is -0.843. The Balaban J connectivity index is 2.00. The molecule has 0 saturated carbocycles. The van der Waals surface area contributed by atoms with Gasteiger partial charge in [-0.2, -0.15) is 0 Å². The van der Waals surface area contributed by atoms with E-state index in [1.807, 2.05) is 67.6 Å². The summed E-state index contributed by atoms with van der Waals surface area (Å²) in [4.78, 5) is 36.3. The van der Waals surface area contributed by atoms with Crippen molar-refractivity contribution in [2.75, 3.05) is 0 Å². The highest BCUT2D eigenvalue weighted by Crippen LogP contribution is 2.06. The van der Waals surface area contributed by atoms with Crippen LogP contribution in [0.2, 0.25) is 0 Å². The second-order valence-corrected chi connectivity index (χ2v) is 6.84. The number of alkyl carbamates (subject to hydrolysis) is 1. The average Bonchev–Trinajstić information content (AvgIpc) is 2.76. The summed E-state index contributed by atoms with van der Waals surface area (Å²) >= 11 is 0. The van der Waals surface area contributed by atoms with Crippen LogP contribution < -0.4 is 10.6 Å². The Kier molecular flexibility index (Phi) is 9.42. The molecule has 1 unspecified atom stereocenters. The maximum atomic E-state index is 12.7. The molecular formula is C23H28N2O4. The van der Waals surface area contributed by atoms with Gasteiger partial charge in [-0.3, -0.25) is 4.79 Å². The lowest BCUT2D eigenvalue weighted by atomic mass is 10.0. The summed E-state index contributed by atoms with van der Waals surface area (Å²) in [5, 5.41) is 5.36. The summed E-state index contributed by atoms with van der Waals surface area (Å²) in [7, 11) is 0. The van der Waals surface area contributed by atoms with Crippen LogP contribution in [-0.4, -0.2) is 30.4 Å². The lowest BCUT2D eigenvalue weighted by Gasteiger charge is -2.21. The summed E-state index contributed by atoms with van der Waals surface area (Å²) < 4.78 is 5.24. The number of hydrogen-bond acceptors (Lipinski definition) is 4. The molecular weight excluding hydrogens is 368 g/mol. The predicted octanol–water partition coefficient (Wildman–Crippen LogP) is 3.40. The Hall–Kier alpha value is -3.15. The fraction of sp³-hybridized carbons (Fsp3) is 0.348. The molecule has 0 aliphatic carbocycles. The fourth-order valence-electron chi connectivity index (χ4n) is 2.85. The van der Waals surface area contributed by atoms with Crippen molar-refractivity contribution in [1.82, 2.24) is 10.6 Å². The fourth-order valence-corrected chi connectivity index (χ4v) is 2.85. The van der Waals surface area contributed by atoms with E-state index in [4.69, 9.17) is 4.74 Å². The van der Waals surface area contributed by atoms with Gasteiger partial charge >= 0.3 is 6.09 Å². The molecule has 2 amide bonds. The van der Waals surface area contributed by atoms with Crippen LogP contribution in [-0.2, 0) is 27.4 Å². The van der Waals surface area contributed by atoms with Crippen molar-refractivity contribution in [1.29, 1.82) is 0 Å². The normalized spacial score (nSPS) is 12.4. The molecule has 29 heavy (non-hydrogen) atoms. The predicted molar refractivity (Wildman–Crippen MR) is 111 cm³/mol. The zero-order valence-electron chi connectivity index (χ0n) is 16.7. The first-order valence-electron chi connectivity index (χ1n) is 9.89. The Morgan fingerprint density at radius 1 is 0.966 bits per heavy atom. The molecule has 0 aliphatic rings. The maximum absolute atomic E-state index is 12.7. The number of ether oxygens (including phenoxy) is 1.